The average molecular weight is 201 g/mol. The molecule has 1 heterocycles. The van der Waals surface area contributed by atoms with Gasteiger partial charge in [0, 0.05) is 38.0 Å². The molecule has 1 aromatic heterocycles. The predicted molar refractivity (Wildman–Crippen MR) is 48.1 cm³/mol. The second-order valence-electron chi connectivity index (χ2n) is 4.07. The van der Waals surface area contributed by atoms with Crippen molar-refractivity contribution in [3.8, 4) is 0 Å². The Hall–Kier alpha value is -0.970. The van der Waals surface area contributed by atoms with Gasteiger partial charge in [0.1, 0.15) is 0 Å². The van der Waals surface area contributed by atoms with Gasteiger partial charge in [-0.25, -0.2) is 8.78 Å². The first kappa shape index (κ1) is 9.58. The molecule has 1 fully saturated rings. The maximum atomic E-state index is 12.8. The number of alkyl halides is 2. The number of rotatable bonds is 2. The molecule has 2 N–H and O–H groups in total. The first-order valence-corrected chi connectivity index (χ1v) is 4.56. The molecule has 1 saturated carbocycles. The molecule has 0 aliphatic heterocycles. The molecule has 0 unspecified atom stereocenters. The Balaban J connectivity index is 2.24. The maximum Gasteiger partial charge on any atom is 0.250 e. The van der Waals surface area contributed by atoms with E-state index in [1.54, 1.807) is 24.0 Å². The van der Waals surface area contributed by atoms with Crippen molar-refractivity contribution in [3.05, 3.63) is 18.0 Å². The average Bonchev–Trinajstić information content (AvgIpc) is 2.47. The predicted octanol–water partition coefficient (Wildman–Crippen LogP) is 1.05. The Kier molecular flexibility index (Phi) is 1.89. The highest BCUT2D eigenvalue weighted by molar-refractivity contribution is 5.23. The number of nitrogens with two attached hydrogens (primary N) is 1. The summed E-state index contributed by atoms with van der Waals surface area (Å²) in [5.74, 6) is -2.56. The summed E-state index contributed by atoms with van der Waals surface area (Å²) in [5, 5.41) is 4.14. The van der Waals surface area contributed by atoms with E-state index in [4.69, 9.17) is 5.73 Å². The van der Waals surface area contributed by atoms with Crippen molar-refractivity contribution in [2.24, 2.45) is 12.8 Å². The molecule has 0 radical (unpaired) electrons. The van der Waals surface area contributed by atoms with Gasteiger partial charge in [-0.15, -0.1) is 0 Å². The Bertz CT molecular complexity index is 338. The number of hydrogen-bond acceptors (Lipinski definition) is 2. The Labute approximate surface area is 80.9 Å². The highest BCUT2D eigenvalue weighted by atomic mass is 19.3. The van der Waals surface area contributed by atoms with Crippen LogP contribution in [0.25, 0.3) is 0 Å². The van der Waals surface area contributed by atoms with E-state index in [0.717, 1.165) is 0 Å². The summed E-state index contributed by atoms with van der Waals surface area (Å²) < 4.78 is 27.3. The maximum absolute atomic E-state index is 12.8. The number of aromatic nitrogens is 2. The van der Waals surface area contributed by atoms with Crippen molar-refractivity contribution < 1.29 is 8.78 Å². The van der Waals surface area contributed by atoms with E-state index in [0.29, 0.717) is 5.69 Å². The van der Waals surface area contributed by atoms with Crippen molar-refractivity contribution in [1.29, 1.82) is 0 Å². The van der Waals surface area contributed by atoms with E-state index in [-0.39, 0.29) is 19.4 Å². The lowest BCUT2D eigenvalue weighted by Crippen LogP contribution is -2.54. The van der Waals surface area contributed by atoms with Gasteiger partial charge in [0.25, 0.3) is 0 Å². The number of halogens is 2. The van der Waals surface area contributed by atoms with Gasteiger partial charge in [0.05, 0.1) is 5.69 Å². The fourth-order valence-electron chi connectivity index (χ4n) is 2.07. The van der Waals surface area contributed by atoms with Crippen molar-refractivity contribution >= 4 is 0 Å². The third-order valence-electron chi connectivity index (χ3n) is 2.84. The van der Waals surface area contributed by atoms with Gasteiger partial charge in [0.15, 0.2) is 0 Å². The lowest BCUT2D eigenvalue weighted by atomic mass is 9.64. The number of hydrogen-bond donors (Lipinski definition) is 1. The lowest BCUT2D eigenvalue weighted by molar-refractivity contribution is -0.125. The summed E-state index contributed by atoms with van der Waals surface area (Å²) in [5.41, 5.74) is 5.64. The molecule has 3 nitrogen and oxygen atoms in total. The molecule has 0 spiro atoms. The minimum Gasteiger partial charge on any atom is -0.330 e. The van der Waals surface area contributed by atoms with Crippen LogP contribution in [0.1, 0.15) is 18.5 Å². The molecule has 2 rings (SSSR count). The minimum atomic E-state index is -2.56. The standard InChI is InChI=1S/C9H13F2N3/c1-14-3-2-7(13-14)8(6-12)4-9(10,11)5-8/h2-3H,4-6,12H2,1H3. The van der Waals surface area contributed by atoms with Crippen LogP contribution in [0.3, 0.4) is 0 Å². The molecule has 14 heavy (non-hydrogen) atoms. The summed E-state index contributed by atoms with van der Waals surface area (Å²) in [4.78, 5) is 0. The van der Waals surface area contributed by atoms with Crippen LogP contribution in [0.5, 0.6) is 0 Å². The molecular formula is C9H13F2N3. The topological polar surface area (TPSA) is 43.8 Å². The van der Waals surface area contributed by atoms with E-state index in [9.17, 15) is 8.78 Å². The molecule has 1 aliphatic carbocycles. The van der Waals surface area contributed by atoms with Crippen molar-refractivity contribution in [2.75, 3.05) is 6.54 Å². The van der Waals surface area contributed by atoms with Crippen molar-refractivity contribution in [3.63, 3.8) is 0 Å². The van der Waals surface area contributed by atoms with E-state index >= 15 is 0 Å². The summed E-state index contributed by atoms with van der Waals surface area (Å²) in [6.45, 7) is 0.236. The number of nitrogens with zero attached hydrogens (tertiary/aromatic N) is 2. The third-order valence-corrected chi connectivity index (χ3v) is 2.84. The van der Waals surface area contributed by atoms with Gasteiger partial charge >= 0.3 is 0 Å². The third kappa shape index (κ3) is 1.32. The quantitative estimate of drug-likeness (QED) is 0.777. The Morgan fingerprint density at radius 3 is 2.57 bits per heavy atom. The second-order valence-corrected chi connectivity index (χ2v) is 4.07. The van der Waals surface area contributed by atoms with Gasteiger partial charge < -0.3 is 5.73 Å². The molecule has 0 aromatic carbocycles. The first-order valence-electron chi connectivity index (χ1n) is 4.56. The first-order chi connectivity index (χ1) is 6.47. The summed E-state index contributed by atoms with van der Waals surface area (Å²) >= 11 is 0. The molecule has 0 bridgehead atoms. The van der Waals surface area contributed by atoms with Crippen molar-refractivity contribution in [2.45, 2.75) is 24.2 Å². The van der Waals surface area contributed by atoms with Gasteiger partial charge in [-0.3, -0.25) is 4.68 Å². The smallest absolute Gasteiger partial charge is 0.250 e. The van der Waals surface area contributed by atoms with Crippen LogP contribution in [0.2, 0.25) is 0 Å². The van der Waals surface area contributed by atoms with Crippen LogP contribution >= 0.6 is 0 Å². The zero-order valence-corrected chi connectivity index (χ0v) is 8.00. The highest BCUT2D eigenvalue weighted by Gasteiger charge is 2.57. The fraction of sp³-hybridized carbons (Fsp3) is 0.667. The van der Waals surface area contributed by atoms with Gasteiger partial charge in [-0.1, -0.05) is 0 Å². The van der Waals surface area contributed by atoms with Gasteiger partial charge in [-0.05, 0) is 6.07 Å². The molecule has 5 heteroatoms. The molecule has 0 amide bonds. The van der Waals surface area contributed by atoms with E-state index in [1.165, 1.54) is 0 Å². The largest absolute Gasteiger partial charge is 0.330 e. The van der Waals surface area contributed by atoms with Crippen LogP contribution in [0.15, 0.2) is 12.3 Å². The summed E-state index contributed by atoms with van der Waals surface area (Å²) in [6.07, 6.45) is 1.41. The minimum absolute atomic E-state index is 0.173. The van der Waals surface area contributed by atoms with Crippen LogP contribution in [0.4, 0.5) is 8.78 Å². The SMILES string of the molecule is Cn1ccc(C2(CN)CC(F)(F)C2)n1. The molecular weight excluding hydrogens is 188 g/mol. The highest BCUT2D eigenvalue weighted by Crippen LogP contribution is 2.52. The van der Waals surface area contributed by atoms with Crippen LogP contribution < -0.4 is 5.73 Å². The Morgan fingerprint density at radius 2 is 2.21 bits per heavy atom. The molecule has 1 aromatic rings. The van der Waals surface area contributed by atoms with E-state index in [1.807, 2.05) is 0 Å². The van der Waals surface area contributed by atoms with E-state index in [2.05, 4.69) is 5.10 Å². The van der Waals surface area contributed by atoms with Gasteiger partial charge in [-0.2, -0.15) is 5.10 Å². The normalized spacial score (nSPS) is 23.1. The molecule has 0 atom stereocenters. The van der Waals surface area contributed by atoms with E-state index < -0.39 is 11.3 Å². The molecule has 1 aliphatic rings. The zero-order valence-electron chi connectivity index (χ0n) is 8.00. The Morgan fingerprint density at radius 1 is 1.57 bits per heavy atom. The molecule has 78 valence electrons. The fourth-order valence-corrected chi connectivity index (χ4v) is 2.07. The zero-order chi connectivity index (χ0) is 10.4. The summed E-state index contributed by atoms with van der Waals surface area (Å²) in [7, 11) is 1.77. The second kappa shape index (κ2) is 2.76. The summed E-state index contributed by atoms with van der Waals surface area (Å²) in [6, 6.07) is 1.77. The van der Waals surface area contributed by atoms with Gasteiger partial charge in [0.2, 0.25) is 5.92 Å². The van der Waals surface area contributed by atoms with Crippen LogP contribution in [-0.4, -0.2) is 22.2 Å². The van der Waals surface area contributed by atoms with Crippen LogP contribution in [-0.2, 0) is 12.5 Å². The van der Waals surface area contributed by atoms with Crippen molar-refractivity contribution in [1.82, 2.24) is 9.78 Å². The van der Waals surface area contributed by atoms with Crippen LogP contribution in [0, 0.1) is 0 Å². The lowest BCUT2D eigenvalue weighted by Gasteiger charge is -2.45. The molecule has 0 saturated heterocycles. The monoisotopic (exact) mass is 201 g/mol. The number of aryl methyl sites for hydroxylation is 1.